The van der Waals surface area contributed by atoms with Crippen LogP contribution in [-0.2, 0) is 19.0 Å². The first kappa shape index (κ1) is 18.7. The van der Waals surface area contributed by atoms with Crippen molar-refractivity contribution >= 4 is 5.91 Å². The molecular weight excluding hydrogens is 357 g/mol. The summed E-state index contributed by atoms with van der Waals surface area (Å²) in [4.78, 5) is 12.1. The molecule has 0 fully saturated rings. The average Bonchev–Trinajstić information content (AvgIpc) is 3.11. The Balaban J connectivity index is 1.56. The monoisotopic (exact) mass is 374 g/mol. The second-order valence-electron chi connectivity index (χ2n) is 6.01. The molecule has 0 unspecified atom stereocenters. The molecule has 0 saturated carbocycles. The second-order valence-corrected chi connectivity index (χ2v) is 6.01. The number of nitrogens with one attached hydrogen (secondary N) is 1. The van der Waals surface area contributed by atoms with Gasteiger partial charge in [0.25, 0.3) is 5.91 Å². The molecule has 1 N–H and O–H groups in total. The third kappa shape index (κ3) is 4.97. The van der Waals surface area contributed by atoms with E-state index in [-0.39, 0.29) is 24.3 Å². The lowest BCUT2D eigenvalue weighted by Gasteiger charge is -2.12. The first-order valence-corrected chi connectivity index (χ1v) is 8.36. The molecule has 4 nitrogen and oxygen atoms in total. The Morgan fingerprint density at radius 2 is 1.74 bits per heavy atom. The molecule has 0 aliphatic carbocycles. The van der Waals surface area contributed by atoms with Crippen LogP contribution in [-0.4, -0.2) is 17.6 Å². The van der Waals surface area contributed by atoms with Crippen molar-refractivity contribution in [3.05, 3.63) is 88.8 Å². The molecule has 3 aromatic rings. The second kappa shape index (κ2) is 8.07. The maximum atomic E-state index is 13.0. The number of nitrogens with zero attached hydrogens (tertiary/aromatic N) is 1. The molecule has 1 aromatic heterocycles. The van der Waals surface area contributed by atoms with Gasteiger partial charge in [-0.05, 0) is 23.6 Å². The quantitative estimate of drug-likeness (QED) is 0.702. The van der Waals surface area contributed by atoms with Crippen molar-refractivity contribution < 1.29 is 22.5 Å². The summed E-state index contributed by atoms with van der Waals surface area (Å²) in [6.07, 6.45) is -3.83. The Kier molecular flexibility index (Phi) is 5.59. The van der Waals surface area contributed by atoms with E-state index in [9.17, 15) is 18.0 Å². The van der Waals surface area contributed by atoms with Gasteiger partial charge < -0.3 is 9.84 Å². The highest BCUT2D eigenvalue weighted by molar-refractivity contribution is 5.91. The smallest absolute Gasteiger partial charge is 0.351 e. The predicted octanol–water partition coefficient (Wildman–Crippen LogP) is 4.26. The fourth-order valence-corrected chi connectivity index (χ4v) is 2.72. The van der Waals surface area contributed by atoms with E-state index in [4.69, 9.17) is 4.52 Å². The summed E-state index contributed by atoms with van der Waals surface area (Å²) >= 11 is 0. The molecule has 2 aromatic carbocycles. The Morgan fingerprint density at radius 1 is 1.04 bits per heavy atom. The minimum atomic E-state index is -4.42. The fourth-order valence-electron chi connectivity index (χ4n) is 2.72. The average molecular weight is 374 g/mol. The van der Waals surface area contributed by atoms with Gasteiger partial charge in [-0.15, -0.1) is 0 Å². The summed E-state index contributed by atoms with van der Waals surface area (Å²) in [5.74, 6) is -0.476. The summed E-state index contributed by atoms with van der Waals surface area (Å²) in [6.45, 7) is 0.0562. The van der Waals surface area contributed by atoms with Crippen LogP contribution < -0.4 is 5.32 Å². The maximum Gasteiger partial charge on any atom is 0.416 e. The van der Waals surface area contributed by atoms with Crippen LogP contribution in [0.25, 0.3) is 0 Å². The summed E-state index contributed by atoms with van der Waals surface area (Å²) in [6, 6.07) is 16.4. The molecule has 1 amide bonds. The molecule has 0 aliphatic rings. The van der Waals surface area contributed by atoms with Gasteiger partial charge in [0.15, 0.2) is 0 Å². The highest BCUT2D eigenvalue weighted by Crippen LogP contribution is 2.31. The Bertz CT molecular complexity index is 905. The number of carbonyl (C=O) groups is 1. The van der Waals surface area contributed by atoms with E-state index in [1.807, 2.05) is 30.3 Å². The molecule has 0 bridgehead atoms. The number of aromatic nitrogens is 1. The lowest BCUT2D eigenvalue weighted by Crippen LogP contribution is -2.26. The number of rotatable bonds is 6. The van der Waals surface area contributed by atoms with E-state index >= 15 is 0 Å². The molecule has 0 atom stereocenters. The van der Waals surface area contributed by atoms with Crippen LogP contribution in [0.2, 0.25) is 0 Å². The Hall–Kier alpha value is -3.09. The largest absolute Gasteiger partial charge is 0.416 e. The van der Waals surface area contributed by atoms with Crippen LogP contribution in [0.3, 0.4) is 0 Å². The van der Waals surface area contributed by atoms with Gasteiger partial charge in [0.05, 0.1) is 11.3 Å². The zero-order chi connectivity index (χ0) is 19.3. The summed E-state index contributed by atoms with van der Waals surface area (Å²) in [7, 11) is 0. The number of amides is 1. The van der Waals surface area contributed by atoms with Crippen molar-refractivity contribution in [2.24, 2.45) is 0 Å². The van der Waals surface area contributed by atoms with Crippen LogP contribution in [0.4, 0.5) is 13.2 Å². The number of benzene rings is 2. The van der Waals surface area contributed by atoms with E-state index in [0.717, 1.165) is 11.6 Å². The molecule has 7 heteroatoms. The van der Waals surface area contributed by atoms with E-state index < -0.39 is 17.6 Å². The van der Waals surface area contributed by atoms with Crippen molar-refractivity contribution in [2.45, 2.75) is 19.0 Å². The molecule has 27 heavy (non-hydrogen) atoms. The summed E-state index contributed by atoms with van der Waals surface area (Å²) in [5, 5.41) is 6.42. The fraction of sp³-hybridized carbons (Fsp3) is 0.200. The molecule has 140 valence electrons. The highest BCUT2D eigenvalue weighted by atomic mass is 19.4. The number of carbonyl (C=O) groups excluding carboxylic acids is 1. The number of alkyl halides is 3. The van der Waals surface area contributed by atoms with Gasteiger partial charge >= 0.3 is 6.18 Å². The molecule has 0 aliphatic heterocycles. The zero-order valence-electron chi connectivity index (χ0n) is 14.3. The lowest BCUT2D eigenvalue weighted by atomic mass is 10.0. The van der Waals surface area contributed by atoms with Crippen molar-refractivity contribution in [3.63, 3.8) is 0 Å². The predicted molar refractivity (Wildman–Crippen MR) is 93.2 cm³/mol. The normalized spacial score (nSPS) is 11.4. The van der Waals surface area contributed by atoms with E-state index in [1.165, 1.54) is 18.2 Å². The molecule has 0 radical (unpaired) electrons. The first-order chi connectivity index (χ1) is 12.9. The molecular formula is C20H17F3N2O2. The van der Waals surface area contributed by atoms with Crippen molar-refractivity contribution in [2.75, 3.05) is 6.54 Å². The summed E-state index contributed by atoms with van der Waals surface area (Å²) < 4.78 is 43.9. The van der Waals surface area contributed by atoms with Gasteiger partial charge in [-0.1, -0.05) is 53.7 Å². The van der Waals surface area contributed by atoms with E-state index in [0.29, 0.717) is 12.1 Å². The van der Waals surface area contributed by atoms with Gasteiger partial charge in [-0.3, -0.25) is 4.79 Å². The van der Waals surface area contributed by atoms with Crippen LogP contribution in [0.5, 0.6) is 0 Å². The zero-order valence-corrected chi connectivity index (χ0v) is 14.3. The molecule has 0 saturated heterocycles. The van der Waals surface area contributed by atoms with E-state index in [1.54, 1.807) is 6.07 Å². The van der Waals surface area contributed by atoms with Crippen molar-refractivity contribution in [1.82, 2.24) is 10.5 Å². The SMILES string of the molecule is O=C(NCCc1ccccc1C(F)(F)F)c1cc(Cc2ccccc2)no1. The van der Waals surface area contributed by atoms with Crippen molar-refractivity contribution in [3.8, 4) is 0 Å². The van der Waals surface area contributed by atoms with Crippen LogP contribution in [0.15, 0.2) is 65.2 Å². The van der Waals surface area contributed by atoms with Gasteiger partial charge in [0.1, 0.15) is 0 Å². The molecule has 0 spiro atoms. The Morgan fingerprint density at radius 3 is 2.48 bits per heavy atom. The van der Waals surface area contributed by atoms with E-state index in [2.05, 4.69) is 10.5 Å². The standard InChI is InChI=1S/C20H17F3N2O2/c21-20(22,23)17-9-5-4-8-15(17)10-11-24-19(26)18-13-16(25-27-18)12-14-6-2-1-3-7-14/h1-9,13H,10-12H2,(H,24,26). The minimum absolute atomic E-state index is 0.0324. The van der Waals surface area contributed by atoms with Gasteiger partial charge in [0, 0.05) is 19.0 Å². The maximum absolute atomic E-state index is 13.0. The molecule has 3 rings (SSSR count). The van der Waals surface area contributed by atoms with Crippen LogP contribution >= 0.6 is 0 Å². The topological polar surface area (TPSA) is 55.1 Å². The first-order valence-electron chi connectivity index (χ1n) is 8.36. The highest BCUT2D eigenvalue weighted by Gasteiger charge is 2.32. The summed E-state index contributed by atoms with van der Waals surface area (Å²) in [5.41, 5.74) is 1.08. The van der Waals surface area contributed by atoms with Gasteiger partial charge in [0.2, 0.25) is 5.76 Å². The third-order valence-electron chi connectivity index (χ3n) is 4.01. The van der Waals surface area contributed by atoms with Crippen LogP contribution in [0, 0.1) is 0 Å². The Labute approximate surface area is 154 Å². The van der Waals surface area contributed by atoms with Crippen molar-refractivity contribution in [1.29, 1.82) is 0 Å². The van der Waals surface area contributed by atoms with Gasteiger partial charge in [-0.2, -0.15) is 13.2 Å². The van der Waals surface area contributed by atoms with Crippen LogP contribution in [0.1, 0.15) is 32.9 Å². The third-order valence-corrected chi connectivity index (χ3v) is 4.01. The molecule has 1 heterocycles. The van der Waals surface area contributed by atoms with Gasteiger partial charge in [-0.25, -0.2) is 0 Å². The minimum Gasteiger partial charge on any atom is -0.351 e. The number of hydrogen-bond acceptors (Lipinski definition) is 3. The number of halogens is 3. The number of hydrogen-bond donors (Lipinski definition) is 1. The lowest BCUT2D eigenvalue weighted by molar-refractivity contribution is -0.138.